The largest absolute Gasteiger partial charge is 0.501 e. The van der Waals surface area contributed by atoms with Crippen molar-refractivity contribution in [2.75, 3.05) is 7.11 Å². The van der Waals surface area contributed by atoms with E-state index in [4.69, 9.17) is 4.74 Å². The lowest BCUT2D eigenvalue weighted by Gasteiger charge is -2.22. The van der Waals surface area contributed by atoms with E-state index in [1.165, 1.54) is 6.42 Å². The highest BCUT2D eigenvalue weighted by molar-refractivity contribution is 5.21. The van der Waals surface area contributed by atoms with E-state index in [1.54, 1.807) is 12.7 Å². The van der Waals surface area contributed by atoms with Crippen LogP contribution in [-0.2, 0) is 4.74 Å². The highest BCUT2D eigenvalue weighted by Crippen LogP contribution is 2.29. The summed E-state index contributed by atoms with van der Waals surface area (Å²) >= 11 is 0. The van der Waals surface area contributed by atoms with Gasteiger partial charge in [-0.15, -0.1) is 0 Å². The summed E-state index contributed by atoms with van der Waals surface area (Å²) in [6.07, 6.45) is 7.74. The second-order valence-corrected chi connectivity index (χ2v) is 4.90. The molecule has 1 nitrogen and oxygen atoms in total. The van der Waals surface area contributed by atoms with E-state index < -0.39 is 0 Å². The van der Waals surface area contributed by atoms with Crippen LogP contribution in [0.2, 0.25) is 0 Å². The van der Waals surface area contributed by atoms with Crippen molar-refractivity contribution in [1.82, 2.24) is 0 Å². The topological polar surface area (TPSA) is 9.23 Å². The highest BCUT2D eigenvalue weighted by atomic mass is 16.5. The van der Waals surface area contributed by atoms with Gasteiger partial charge in [0, 0.05) is 6.42 Å². The lowest BCUT2D eigenvalue weighted by molar-refractivity contribution is 0.274. The van der Waals surface area contributed by atoms with Gasteiger partial charge in [0.1, 0.15) is 0 Å². The van der Waals surface area contributed by atoms with E-state index >= 15 is 0 Å². The fraction of sp³-hybridized carbons (Fsp3) is 0.667. The Hall–Kier alpha value is -0.720. The summed E-state index contributed by atoms with van der Waals surface area (Å²) in [6.45, 7) is 6.84. The summed E-state index contributed by atoms with van der Waals surface area (Å²) in [5.41, 5.74) is 1.96. The lowest BCUT2D eigenvalue weighted by Crippen LogP contribution is -2.08. The molecule has 1 aliphatic rings. The van der Waals surface area contributed by atoms with E-state index in [0.29, 0.717) is 5.41 Å². The van der Waals surface area contributed by atoms with E-state index in [0.717, 1.165) is 18.6 Å². The van der Waals surface area contributed by atoms with Crippen molar-refractivity contribution < 1.29 is 4.74 Å². The van der Waals surface area contributed by atoms with Gasteiger partial charge in [0.2, 0.25) is 0 Å². The van der Waals surface area contributed by atoms with Gasteiger partial charge < -0.3 is 4.74 Å². The molecule has 0 heterocycles. The molecule has 0 saturated heterocycles. The van der Waals surface area contributed by atoms with Gasteiger partial charge in [-0.3, -0.25) is 0 Å². The summed E-state index contributed by atoms with van der Waals surface area (Å²) in [4.78, 5) is 0. The Bertz CT molecular complexity index is 228. The van der Waals surface area contributed by atoms with Crippen molar-refractivity contribution >= 4 is 0 Å². The molecule has 0 bridgehead atoms. The van der Waals surface area contributed by atoms with Crippen LogP contribution >= 0.6 is 0 Å². The maximum Gasteiger partial charge on any atom is 0.0958 e. The first-order chi connectivity index (χ1) is 6.01. The number of rotatable bonds is 2. The minimum Gasteiger partial charge on any atom is -0.501 e. The van der Waals surface area contributed by atoms with Crippen LogP contribution in [-0.4, -0.2) is 7.11 Å². The Labute approximate surface area is 81.5 Å². The normalized spacial score (nSPS) is 17.8. The Kier molecular flexibility index (Phi) is 3.18. The average molecular weight is 180 g/mol. The van der Waals surface area contributed by atoms with Crippen molar-refractivity contribution in [3.63, 3.8) is 0 Å². The third kappa shape index (κ3) is 3.67. The van der Waals surface area contributed by atoms with Crippen LogP contribution in [0, 0.1) is 5.41 Å². The van der Waals surface area contributed by atoms with E-state index in [2.05, 4.69) is 32.9 Å². The average Bonchev–Trinajstić information content (AvgIpc) is 2.03. The zero-order chi connectivity index (χ0) is 9.90. The molecule has 0 radical (unpaired) electrons. The van der Waals surface area contributed by atoms with Gasteiger partial charge in [-0.05, 0) is 24.3 Å². The van der Waals surface area contributed by atoms with Crippen molar-refractivity contribution in [3.05, 3.63) is 23.5 Å². The van der Waals surface area contributed by atoms with E-state index in [-0.39, 0.29) is 0 Å². The first kappa shape index (κ1) is 10.4. The van der Waals surface area contributed by atoms with Crippen molar-refractivity contribution in [2.45, 2.75) is 40.0 Å². The van der Waals surface area contributed by atoms with Crippen LogP contribution in [0.1, 0.15) is 40.0 Å². The zero-order valence-electron chi connectivity index (χ0n) is 9.18. The maximum absolute atomic E-state index is 5.19. The van der Waals surface area contributed by atoms with Crippen LogP contribution < -0.4 is 0 Å². The molecule has 0 aromatic heterocycles. The van der Waals surface area contributed by atoms with Crippen molar-refractivity contribution in [1.29, 1.82) is 0 Å². The summed E-state index contributed by atoms with van der Waals surface area (Å²) in [5, 5.41) is 0. The fourth-order valence-electron chi connectivity index (χ4n) is 1.66. The van der Waals surface area contributed by atoms with Crippen LogP contribution in [0.15, 0.2) is 23.5 Å². The van der Waals surface area contributed by atoms with Crippen LogP contribution in [0.25, 0.3) is 0 Å². The van der Waals surface area contributed by atoms with Gasteiger partial charge >= 0.3 is 0 Å². The molecule has 1 aliphatic carbocycles. The minimum atomic E-state index is 0.407. The monoisotopic (exact) mass is 180 g/mol. The summed E-state index contributed by atoms with van der Waals surface area (Å²) in [7, 11) is 1.74. The SMILES string of the molecule is COC1=CC=C(CC(C)(C)C)CC1. The molecule has 0 unspecified atom stereocenters. The summed E-state index contributed by atoms with van der Waals surface area (Å²) < 4.78 is 5.19. The second-order valence-electron chi connectivity index (χ2n) is 4.90. The number of hydrogen-bond acceptors (Lipinski definition) is 1. The molecule has 0 amide bonds. The Morgan fingerprint density at radius 2 is 1.92 bits per heavy atom. The molecule has 0 atom stereocenters. The summed E-state index contributed by atoms with van der Waals surface area (Å²) in [6, 6.07) is 0. The lowest BCUT2D eigenvalue weighted by atomic mass is 9.85. The van der Waals surface area contributed by atoms with Gasteiger partial charge in [0.15, 0.2) is 0 Å². The molecule has 1 rings (SSSR count). The third-order valence-corrected chi connectivity index (χ3v) is 2.22. The molecule has 0 fully saturated rings. The fourth-order valence-corrected chi connectivity index (χ4v) is 1.66. The molecule has 0 aromatic carbocycles. The standard InChI is InChI=1S/C12H20O/c1-12(2,3)9-10-5-7-11(13-4)8-6-10/h5,7H,6,8-9H2,1-4H3. The van der Waals surface area contributed by atoms with Crippen molar-refractivity contribution in [2.24, 2.45) is 5.41 Å². The number of hydrogen-bond donors (Lipinski definition) is 0. The Morgan fingerprint density at radius 1 is 1.23 bits per heavy atom. The summed E-state index contributed by atoms with van der Waals surface area (Å²) in [5.74, 6) is 1.11. The number of ether oxygens (including phenoxy) is 1. The second kappa shape index (κ2) is 3.99. The Morgan fingerprint density at radius 3 is 2.31 bits per heavy atom. The Balaban J connectivity index is 2.55. The first-order valence-electron chi connectivity index (χ1n) is 4.94. The number of methoxy groups -OCH3 is 1. The maximum atomic E-state index is 5.19. The zero-order valence-corrected chi connectivity index (χ0v) is 9.18. The van der Waals surface area contributed by atoms with Gasteiger partial charge in [-0.1, -0.05) is 32.4 Å². The predicted octanol–water partition coefficient (Wildman–Crippen LogP) is 3.67. The third-order valence-electron chi connectivity index (χ3n) is 2.22. The minimum absolute atomic E-state index is 0.407. The molecular formula is C12H20O. The van der Waals surface area contributed by atoms with Crippen LogP contribution in [0.5, 0.6) is 0 Å². The van der Waals surface area contributed by atoms with Gasteiger partial charge in [-0.25, -0.2) is 0 Å². The first-order valence-corrected chi connectivity index (χ1v) is 4.94. The molecule has 0 aromatic rings. The van der Waals surface area contributed by atoms with Gasteiger partial charge in [-0.2, -0.15) is 0 Å². The molecule has 0 aliphatic heterocycles. The smallest absolute Gasteiger partial charge is 0.0958 e. The van der Waals surface area contributed by atoms with Gasteiger partial charge in [0.05, 0.1) is 12.9 Å². The van der Waals surface area contributed by atoms with E-state index in [1.807, 2.05) is 0 Å². The van der Waals surface area contributed by atoms with Crippen LogP contribution in [0.3, 0.4) is 0 Å². The van der Waals surface area contributed by atoms with Gasteiger partial charge in [0.25, 0.3) is 0 Å². The molecule has 13 heavy (non-hydrogen) atoms. The molecule has 1 heteroatoms. The van der Waals surface area contributed by atoms with Crippen molar-refractivity contribution in [3.8, 4) is 0 Å². The molecular weight excluding hydrogens is 160 g/mol. The molecule has 0 N–H and O–H groups in total. The van der Waals surface area contributed by atoms with E-state index in [9.17, 15) is 0 Å². The molecule has 74 valence electrons. The predicted molar refractivity (Wildman–Crippen MR) is 56.5 cm³/mol. The van der Waals surface area contributed by atoms with Crippen LogP contribution in [0.4, 0.5) is 0 Å². The quantitative estimate of drug-likeness (QED) is 0.630. The number of allylic oxidation sites excluding steroid dienone is 4. The molecule has 0 spiro atoms. The molecule has 0 saturated carbocycles. The highest BCUT2D eigenvalue weighted by Gasteiger charge is 2.15.